The van der Waals surface area contributed by atoms with Crippen molar-refractivity contribution < 1.29 is 14.4 Å². The molecular weight excluding hydrogens is 636 g/mol. The topological polar surface area (TPSA) is 101 Å². The predicted molar refractivity (Wildman–Crippen MR) is 199 cm³/mol. The fraction of sp³-hybridized carbons (Fsp3) is 0.275. The first kappa shape index (κ1) is 32.5. The summed E-state index contributed by atoms with van der Waals surface area (Å²) in [7, 11) is 2.05. The van der Waals surface area contributed by atoms with Gasteiger partial charge in [0.2, 0.25) is 5.69 Å². The number of halogens is 1. The van der Waals surface area contributed by atoms with E-state index in [1.807, 2.05) is 31.3 Å². The first-order valence-corrected chi connectivity index (χ1v) is 16.9. The van der Waals surface area contributed by atoms with E-state index >= 15 is 0 Å². The molecule has 2 aliphatic heterocycles. The van der Waals surface area contributed by atoms with Crippen molar-refractivity contribution in [1.82, 2.24) is 0 Å². The largest absolute Gasteiger partial charge is 0.378 e. The summed E-state index contributed by atoms with van der Waals surface area (Å²) in [6, 6.07) is 18.3. The highest BCUT2D eigenvalue weighted by atomic mass is 35.5. The molecule has 0 spiro atoms. The summed E-state index contributed by atoms with van der Waals surface area (Å²) in [5.74, 6) is 0. The van der Waals surface area contributed by atoms with Gasteiger partial charge in [-0.25, -0.2) is 0 Å². The standard InChI is InChI=1S/C40H38ClN4O4/c1-39(2)34(42-32-19-14-24-12-17-28(44(46)47)22-30(24)36(32)39)11-7-10-26-8-6-9-27(38(26)41)16-21-35-40(3,4)37-31-23-29(45(48)49)18-13-25(31)15-20-33(37)43(35)5/h7,10-23,34,42H,6,8-9H2,1-5H3/q+1. The van der Waals surface area contributed by atoms with E-state index in [0.29, 0.717) is 0 Å². The average Bonchev–Trinajstić information content (AvgIpc) is 3.44. The van der Waals surface area contributed by atoms with E-state index in [1.165, 1.54) is 0 Å². The summed E-state index contributed by atoms with van der Waals surface area (Å²) in [5, 5.41) is 31.3. The number of hydrogen-bond donors (Lipinski definition) is 1. The van der Waals surface area contributed by atoms with Gasteiger partial charge in [0.25, 0.3) is 11.4 Å². The number of rotatable bonds is 6. The minimum atomic E-state index is -0.382. The number of nitrogens with zero attached hydrogens (tertiary/aromatic N) is 3. The molecule has 1 atom stereocenters. The van der Waals surface area contributed by atoms with Crippen LogP contribution >= 0.6 is 11.6 Å². The van der Waals surface area contributed by atoms with Crippen molar-refractivity contribution in [3.63, 3.8) is 0 Å². The molecule has 0 saturated carbocycles. The van der Waals surface area contributed by atoms with Crippen LogP contribution in [0.15, 0.2) is 107 Å². The van der Waals surface area contributed by atoms with Crippen LogP contribution in [0.1, 0.15) is 58.1 Å². The molecule has 0 amide bonds. The highest BCUT2D eigenvalue weighted by molar-refractivity contribution is 6.32. The molecule has 0 aromatic heterocycles. The molecule has 0 saturated heterocycles. The smallest absolute Gasteiger partial charge is 0.270 e. The Morgan fingerprint density at radius 1 is 0.857 bits per heavy atom. The molecular formula is C40H38ClN4O4+. The molecule has 0 fully saturated rings. The van der Waals surface area contributed by atoms with Gasteiger partial charge in [0.1, 0.15) is 7.05 Å². The second kappa shape index (κ2) is 11.8. The van der Waals surface area contributed by atoms with Crippen LogP contribution in [0.4, 0.5) is 22.7 Å². The maximum atomic E-state index is 11.6. The molecule has 1 unspecified atom stereocenters. The lowest BCUT2D eigenvalue weighted by atomic mass is 9.78. The third-order valence-corrected chi connectivity index (χ3v) is 11.1. The molecule has 0 bridgehead atoms. The van der Waals surface area contributed by atoms with Crippen LogP contribution < -0.4 is 5.32 Å². The Labute approximate surface area is 290 Å². The van der Waals surface area contributed by atoms with Crippen LogP contribution in [-0.4, -0.2) is 33.2 Å². The Balaban J connectivity index is 1.15. The summed E-state index contributed by atoms with van der Waals surface area (Å²) in [4.78, 5) is 22.4. The molecule has 4 aromatic carbocycles. The maximum absolute atomic E-state index is 11.6. The zero-order valence-electron chi connectivity index (χ0n) is 28.2. The van der Waals surface area contributed by atoms with Crippen LogP contribution in [0.5, 0.6) is 0 Å². The van der Waals surface area contributed by atoms with Crippen molar-refractivity contribution >= 4 is 61.6 Å². The van der Waals surface area contributed by atoms with Gasteiger partial charge in [-0.05, 0) is 95.6 Å². The molecule has 1 N–H and O–H groups in total. The van der Waals surface area contributed by atoms with E-state index < -0.39 is 0 Å². The number of anilines is 1. The third-order valence-electron chi connectivity index (χ3n) is 10.6. The number of fused-ring (bicyclic) bond motifs is 6. The lowest BCUT2D eigenvalue weighted by Crippen LogP contribution is -2.31. The summed E-state index contributed by atoms with van der Waals surface area (Å²) >= 11 is 7.05. The number of benzene rings is 4. The molecule has 3 aliphatic rings. The first-order chi connectivity index (χ1) is 23.3. The van der Waals surface area contributed by atoms with E-state index in [-0.39, 0.29) is 38.1 Å². The van der Waals surface area contributed by atoms with Gasteiger partial charge in [0.15, 0.2) is 5.71 Å². The van der Waals surface area contributed by atoms with Gasteiger partial charge in [0.05, 0.1) is 21.3 Å². The molecule has 8 nitrogen and oxygen atoms in total. The van der Waals surface area contributed by atoms with Crippen molar-refractivity contribution in [2.75, 3.05) is 12.4 Å². The van der Waals surface area contributed by atoms with E-state index in [0.717, 1.165) is 85.2 Å². The monoisotopic (exact) mass is 673 g/mol. The molecule has 9 heteroatoms. The van der Waals surface area contributed by atoms with Crippen molar-refractivity contribution in [3.05, 3.63) is 139 Å². The van der Waals surface area contributed by atoms with Gasteiger partial charge in [-0.3, -0.25) is 20.2 Å². The quantitative estimate of drug-likeness (QED) is 0.125. The second-order valence-electron chi connectivity index (χ2n) is 14.3. The fourth-order valence-electron chi connectivity index (χ4n) is 8.04. The number of nitro groups is 2. The molecule has 49 heavy (non-hydrogen) atoms. The van der Waals surface area contributed by atoms with Crippen molar-refractivity contribution in [2.45, 2.75) is 63.8 Å². The third kappa shape index (κ3) is 5.35. The molecule has 4 aromatic rings. The summed E-state index contributed by atoms with van der Waals surface area (Å²) in [6.45, 7) is 8.68. The van der Waals surface area contributed by atoms with Gasteiger partial charge in [-0.1, -0.05) is 55.8 Å². The van der Waals surface area contributed by atoms with Gasteiger partial charge in [-0.2, -0.15) is 4.58 Å². The Morgan fingerprint density at radius 2 is 1.47 bits per heavy atom. The van der Waals surface area contributed by atoms with E-state index in [2.05, 4.69) is 80.1 Å². The lowest BCUT2D eigenvalue weighted by molar-refractivity contribution is -0.401. The zero-order chi connectivity index (χ0) is 34.8. The van der Waals surface area contributed by atoms with E-state index in [1.54, 1.807) is 24.3 Å². The number of nitrogens with one attached hydrogen (secondary N) is 1. The van der Waals surface area contributed by atoms with E-state index in [4.69, 9.17) is 11.6 Å². The van der Waals surface area contributed by atoms with Crippen LogP contribution in [0.2, 0.25) is 0 Å². The summed E-state index contributed by atoms with van der Waals surface area (Å²) in [6.07, 6.45) is 13.4. The average molecular weight is 674 g/mol. The van der Waals surface area contributed by atoms with E-state index in [9.17, 15) is 20.2 Å². The van der Waals surface area contributed by atoms with Crippen LogP contribution in [-0.2, 0) is 10.8 Å². The lowest BCUT2D eigenvalue weighted by Gasteiger charge is -2.26. The minimum absolute atomic E-state index is 0.00870. The Kier molecular flexibility index (Phi) is 7.82. The predicted octanol–water partition coefficient (Wildman–Crippen LogP) is 10.3. The highest BCUT2D eigenvalue weighted by Gasteiger charge is 2.44. The number of hydrogen-bond acceptors (Lipinski definition) is 5. The fourth-order valence-corrected chi connectivity index (χ4v) is 8.36. The number of allylic oxidation sites excluding steroid dienone is 7. The highest BCUT2D eigenvalue weighted by Crippen LogP contribution is 2.47. The Morgan fingerprint density at radius 3 is 2.12 bits per heavy atom. The maximum Gasteiger partial charge on any atom is 0.270 e. The van der Waals surface area contributed by atoms with Crippen molar-refractivity contribution in [2.24, 2.45) is 0 Å². The Bertz CT molecular complexity index is 2280. The normalized spacial score (nSPS) is 20.5. The zero-order valence-corrected chi connectivity index (χ0v) is 29.0. The van der Waals surface area contributed by atoms with Gasteiger partial charge < -0.3 is 5.32 Å². The second-order valence-corrected chi connectivity index (χ2v) is 14.7. The SMILES string of the molecule is C[N+]1=C(C=CC2=C(Cl)C(=CC=CC3Nc4ccc5ccc([N+](=O)[O-])cc5c4C3(C)C)CCC2)C(C)(C)c2c1ccc1ccc([N+](=O)[O-])cc21. The summed E-state index contributed by atoms with van der Waals surface area (Å²) in [5.41, 5.74) is 6.98. The van der Waals surface area contributed by atoms with Crippen molar-refractivity contribution in [1.29, 1.82) is 0 Å². The summed E-state index contributed by atoms with van der Waals surface area (Å²) < 4.78 is 2.18. The number of non-ortho nitro benzene ring substituents is 2. The van der Waals surface area contributed by atoms with Crippen molar-refractivity contribution in [3.8, 4) is 0 Å². The van der Waals surface area contributed by atoms with Gasteiger partial charge in [0, 0.05) is 58.1 Å². The van der Waals surface area contributed by atoms with Crippen LogP contribution in [0.25, 0.3) is 21.5 Å². The van der Waals surface area contributed by atoms with Gasteiger partial charge >= 0.3 is 0 Å². The molecule has 2 heterocycles. The Hall–Kier alpha value is -5.08. The van der Waals surface area contributed by atoms with Gasteiger partial charge in [-0.15, -0.1) is 0 Å². The van der Waals surface area contributed by atoms with Crippen LogP contribution in [0, 0.1) is 20.2 Å². The number of nitro benzene ring substituents is 2. The molecule has 7 rings (SSSR count). The molecule has 1 aliphatic carbocycles. The first-order valence-electron chi connectivity index (χ1n) is 16.5. The molecule has 0 radical (unpaired) electrons. The molecule has 248 valence electrons. The van der Waals surface area contributed by atoms with Crippen LogP contribution in [0.3, 0.4) is 0 Å². The minimum Gasteiger partial charge on any atom is -0.378 e.